The normalized spacial score (nSPS) is 18.7. The first kappa shape index (κ1) is 15.3. The molecule has 9 heteroatoms. The van der Waals surface area contributed by atoms with Crippen molar-refractivity contribution in [2.24, 2.45) is 5.92 Å². The average molecular weight is 326 g/mol. The summed E-state index contributed by atoms with van der Waals surface area (Å²) in [5.74, 6) is -1.95. The lowest BCUT2D eigenvalue weighted by molar-refractivity contribution is -0.157. The highest BCUT2D eigenvalue weighted by molar-refractivity contribution is 6.02. The summed E-state index contributed by atoms with van der Waals surface area (Å²) in [6, 6.07) is 5.19. The minimum absolute atomic E-state index is 0.221. The largest absolute Gasteiger partial charge is 0.406 e. The second-order valence-electron chi connectivity index (χ2n) is 5.42. The van der Waals surface area contributed by atoms with Gasteiger partial charge >= 0.3 is 6.18 Å². The molecule has 3 rings (SSSR count). The molecule has 1 fully saturated rings. The number of likely N-dealkylation sites (tertiary alicyclic amines) is 1. The predicted octanol–water partition coefficient (Wildman–Crippen LogP) is 1.91. The molecule has 1 saturated heterocycles. The highest BCUT2D eigenvalue weighted by Gasteiger charge is 2.40. The molecule has 23 heavy (non-hydrogen) atoms. The molecule has 2 N–H and O–H groups in total. The number of hydrogen-bond acceptors (Lipinski definition) is 3. The van der Waals surface area contributed by atoms with Gasteiger partial charge in [-0.15, -0.1) is 0 Å². The second-order valence-corrected chi connectivity index (χ2v) is 5.42. The number of alkyl halides is 3. The number of nitrogens with one attached hydrogen (secondary N) is 2. The van der Waals surface area contributed by atoms with E-state index in [0.29, 0.717) is 16.1 Å². The van der Waals surface area contributed by atoms with Crippen molar-refractivity contribution in [2.75, 3.05) is 18.4 Å². The lowest BCUT2D eigenvalue weighted by Gasteiger charge is -2.18. The van der Waals surface area contributed by atoms with Crippen molar-refractivity contribution in [2.45, 2.75) is 12.6 Å². The number of fused-ring (bicyclic) bond motifs is 1. The number of para-hydroxylation sites is 1. The van der Waals surface area contributed by atoms with Crippen molar-refractivity contribution in [3.63, 3.8) is 0 Å². The van der Waals surface area contributed by atoms with Crippen LogP contribution < -0.4 is 5.32 Å². The number of carbonyl (C=O) groups is 2. The van der Waals surface area contributed by atoms with E-state index < -0.39 is 30.5 Å². The number of H-pyrrole nitrogens is 1. The third-order valence-electron chi connectivity index (χ3n) is 3.69. The molecular weight excluding hydrogens is 313 g/mol. The molecule has 1 aliphatic heterocycles. The zero-order valence-electron chi connectivity index (χ0n) is 11.9. The van der Waals surface area contributed by atoms with Crippen LogP contribution in [-0.2, 0) is 9.59 Å². The van der Waals surface area contributed by atoms with Crippen LogP contribution in [0.2, 0.25) is 0 Å². The highest BCUT2D eigenvalue weighted by Crippen LogP contribution is 2.26. The molecule has 0 aliphatic carbocycles. The lowest BCUT2D eigenvalue weighted by Crippen LogP contribution is -2.36. The predicted molar refractivity (Wildman–Crippen MR) is 75.5 cm³/mol. The van der Waals surface area contributed by atoms with Gasteiger partial charge in [-0.05, 0) is 6.07 Å². The first-order valence-electron chi connectivity index (χ1n) is 6.91. The third-order valence-corrected chi connectivity index (χ3v) is 3.69. The van der Waals surface area contributed by atoms with Gasteiger partial charge in [-0.25, -0.2) is 0 Å². The first-order chi connectivity index (χ1) is 10.8. The number of hydrogen-bond donors (Lipinski definition) is 2. The van der Waals surface area contributed by atoms with E-state index in [-0.39, 0.29) is 13.0 Å². The van der Waals surface area contributed by atoms with Crippen molar-refractivity contribution < 1.29 is 22.8 Å². The van der Waals surface area contributed by atoms with Crippen molar-refractivity contribution in [3.05, 3.63) is 24.4 Å². The maximum Gasteiger partial charge on any atom is 0.406 e. The Kier molecular flexibility index (Phi) is 3.70. The molecule has 2 aromatic rings. The fourth-order valence-corrected chi connectivity index (χ4v) is 2.62. The fourth-order valence-electron chi connectivity index (χ4n) is 2.62. The summed E-state index contributed by atoms with van der Waals surface area (Å²) in [7, 11) is 0. The van der Waals surface area contributed by atoms with Crippen molar-refractivity contribution in [1.29, 1.82) is 0 Å². The molecule has 6 nitrogen and oxygen atoms in total. The van der Waals surface area contributed by atoms with E-state index in [9.17, 15) is 22.8 Å². The summed E-state index contributed by atoms with van der Waals surface area (Å²) in [5.41, 5.74) is 1.10. The molecule has 1 aliphatic rings. The molecule has 2 heterocycles. The maximum atomic E-state index is 12.4. The summed E-state index contributed by atoms with van der Waals surface area (Å²) < 4.78 is 37.2. The molecule has 0 bridgehead atoms. The third kappa shape index (κ3) is 3.27. The quantitative estimate of drug-likeness (QED) is 0.904. The zero-order valence-corrected chi connectivity index (χ0v) is 11.9. The van der Waals surface area contributed by atoms with E-state index in [1.54, 1.807) is 24.4 Å². The van der Waals surface area contributed by atoms with Crippen LogP contribution in [-0.4, -0.2) is 46.2 Å². The summed E-state index contributed by atoms with van der Waals surface area (Å²) in [6.45, 7) is -1.56. The number of aromatic amines is 1. The topological polar surface area (TPSA) is 78.1 Å². The minimum Gasteiger partial charge on any atom is -0.333 e. The van der Waals surface area contributed by atoms with Crippen LogP contribution in [0, 0.1) is 5.92 Å². The van der Waals surface area contributed by atoms with Gasteiger partial charge in [0.25, 0.3) is 0 Å². The number of benzene rings is 1. The van der Waals surface area contributed by atoms with Gasteiger partial charge in [0.1, 0.15) is 6.54 Å². The van der Waals surface area contributed by atoms with Crippen molar-refractivity contribution in [1.82, 2.24) is 15.1 Å². The minimum atomic E-state index is -4.47. The van der Waals surface area contributed by atoms with Crippen LogP contribution in [0.1, 0.15) is 6.42 Å². The van der Waals surface area contributed by atoms with E-state index in [4.69, 9.17) is 0 Å². The van der Waals surface area contributed by atoms with Gasteiger partial charge in [0.05, 0.1) is 23.3 Å². The molecule has 0 unspecified atom stereocenters. The second kappa shape index (κ2) is 5.56. The van der Waals surface area contributed by atoms with E-state index in [2.05, 4.69) is 15.5 Å². The number of nitrogens with zero attached hydrogens (tertiary/aromatic N) is 2. The Labute approximate surface area is 128 Å². The molecule has 1 atom stereocenters. The van der Waals surface area contributed by atoms with E-state index in [0.717, 1.165) is 5.39 Å². The number of aromatic nitrogens is 2. The summed E-state index contributed by atoms with van der Waals surface area (Å²) >= 11 is 0. The fraction of sp³-hybridized carbons (Fsp3) is 0.357. The Morgan fingerprint density at radius 2 is 2.22 bits per heavy atom. The monoisotopic (exact) mass is 326 g/mol. The summed E-state index contributed by atoms with van der Waals surface area (Å²) in [6.07, 6.45) is -3.10. The molecule has 0 radical (unpaired) electrons. The van der Waals surface area contributed by atoms with Gasteiger partial charge in [-0.3, -0.25) is 14.7 Å². The van der Waals surface area contributed by atoms with Crippen molar-refractivity contribution in [3.8, 4) is 0 Å². The van der Waals surface area contributed by atoms with Crippen LogP contribution in [0.15, 0.2) is 24.4 Å². The Balaban J connectivity index is 1.70. The number of rotatable bonds is 3. The van der Waals surface area contributed by atoms with E-state index in [1.807, 2.05) is 0 Å². The zero-order chi connectivity index (χ0) is 16.6. The smallest absolute Gasteiger partial charge is 0.333 e. The lowest BCUT2D eigenvalue weighted by atomic mass is 10.1. The van der Waals surface area contributed by atoms with Gasteiger partial charge in [-0.2, -0.15) is 18.3 Å². The first-order valence-corrected chi connectivity index (χ1v) is 6.91. The molecular formula is C14H13F3N4O2. The number of anilines is 1. The van der Waals surface area contributed by atoms with Crippen molar-refractivity contribution >= 4 is 28.4 Å². The summed E-state index contributed by atoms with van der Waals surface area (Å²) in [4.78, 5) is 24.5. The molecule has 2 amide bonds. The average Bonchev–Trinajstić information content (AvgIpc) is 3.05. The van der Waals surface area contributed by atoms with Gasteiger partial charge in [0, 0.05) is 18.4 Å². The molecule has 1 aromatic carbocycles. The van der Waals surface area contributed by atoms with Crippen LogP contribution in [0.5, 0.6) is 0 Å². The highest BCUT2D eigenvalue weighted by atomic mass is 19.4. The van der Waals surface area contributed by atoms with E-state index in [1.165, 1.54) is 0 Å². The Hall–Kier alpha value is -2.58. The number of amides is 2. The van der Waals surface area contributed by atoms with Crippen LogP contribution in [0.25, 0.3) is 10.9 Å². The molecule has 1 aromatic heterocycles. The number of carbonyl (C=O) groups excluding carboxylic acids is 2. The molecule has 0 spiro atoms. The maximum absolute atomic E-state index is 12.4. The standard InChI is InChI=1S/C14H13F3N4O2/c15-14(16,17)7-21-6-9(4-11(21)22)13(23)19-10-3-1-2-8-5-18-20-12(8)10/h1-3,5,9H,4,6-7H2,(H,18,20)(H,19,23)/t9-/m1/s1. The van der Waals surface area contributed by atoms with Gasteiger partial charge in [0.15, 0.2) is 0 Å². The molecule has 122 valence electrons. The molecule has 0 saturated carbocycles. The van der Waals surface area contributed by atoms with E-state index >= 15 is 0 Å². The van der Waals surface area contributed by atoms with Gasteiger partial charge in [0.2, 0.25) is 11.8 Å². The van der Waals surface area contributed by atoms with Crippen LogP contribution >= 0.6 is 0 Å². The van der Waals surface area contributed by atoms with Gasteiger partial charge < -0.3 is 10.2 Å². The van der Waals surface area contributed by atoms with Crippen LogP contribution in [0.3, 0.4) is 0 Å². The van der Waals surface area contributed by atoms with Crippen LogP contribution in [0.4, 0.5) is 18.9 Å². The Bertz CT molecular complexity index is 756. The number of halogens is 3. The summed E-state index contributed by atoms with van der Waals surface area (Å²) in [5, 5.41) is 10.1. The Morgan fingerprint density at radius 1 is 1.43 bits per heavy atom. The Morgan fingerprint density at radius 3 is 2.96 bits per heavy atom. The SMILES string of the molecule is O=C(Nc1cccc2cn[nH]c12)[C@@H]1CC(=O)N(CC(F)(F)F)C1. The van der Waals surface area contributed by atoms with Gasteiger partial charge in [-0.1, -0.05) is 12.1 Å².